The summed E-state index contributed by atoms with van der Waals surface area (Å²) in [6, 6.07) is 5.14. The van der Waals surface area contributed by atoms with Crippen molar-refractivity contribution in [2.45, 2.75) is 6.92 Å². The third kappa shape index (κ3) is 3.52. The lowest BCUT2D eigenvalue weighted by molar-refractivity contribution is -0.111. The molecule has 1 amide bonds. The van der Waals surface area contributed by atoms with Gasteiger partial charge in [-0.2, -0.15) is 5.10 Å². The second kappa shape index (κ2) is 5.49. The van der Waals surface area contributed by atoms with Gasteiger partial charge in [0.05, 0.1) is 0 Å². The molecule has 0 saturated carbocycles. The van der Waals surface area contributed by atoms with Crippen molar-refractivity contribution in [3.05, 3.63) is 39.7 Å². The molecule has 0 atom stereocenters. The number of anilines is 1. The highest BCUT2D eigenvalue weighted by molar-refractivity contribution is 7.12. The number of aromatic carboxylic acids is 1. The summed E-state index contributed by atoms with van der Waals surface area (Å²) >= 11 is 1.58. The zero-order valence-corrected chi connectivity index (χ0v) is 10.8. The minimum Gasteiger partial charge on any atom is -0.477 e. The molecule has 2 rings (SSSR count). The molecule has 0 spiro atoms. The van der Waals surface area contributed by atoms with Crippen molar-refractivity contribution in [3.8, 4) is 0 Å². The van der Waals surface area contributed by atoms with Crippen LogP contribution in [0.1, 0.15) is 20.2 Å². The van der Waals surface area contributed by atoms with Gasteiger partial charge in [-0.25, -0.2) is 4.79 Å². The first-order valence-electron chi connectivity index (χ1n) is 5.39. The number of carbonyl (C=O) groups excluding carboxylic acids is 1. The molecular weight excluding hydrogens is 266 g/mol. The zero-order valence-electron chi connectivity index (χ0n) is 10.0. The van der Waals surface area contributed by atoms with Crippen LogP contribution >= 0.6 is 11.3 Å². The first kappa shape index (κ1) is 13.0. The molecule has 0 radical (unpaired) electrons. The highest BCUT2D eigenvalue weighted by Gasteiger charge is 2.08. The molecule has 2 aromatic heterocycles. The Kier molecular flexibility index (Phi) is 3.76. The fraction of sp³-hybridized carbons (Fsp3) is 0.0833. The second-order valence-electron chi connectivity index (χ2n) is 3.74. The fourth-order valence-electron chi connectivity index (χ4n) is 1.36. The fourth-order valence-corrected chi connectivity index (χ4v) is 2.14. The van der Waals surface area contributed by atoms with Gasteiger partial charge in [0.2, 0.25) is 5.91 Å². The predicted octanol–water partition coefficient (Wildman–Crippen LogP) is 2.13. The van der Waals surface area contributed by atoms with Gasteiger partial charge >= 0.3 is 5.97 Å². The summed E-state index contributed by atoms with van der Waals surface area (Å²) in [7, 11) is 0. The maximum Gasteiger partial charge on any atom is 0.353 e. The number of aryl methyl sites for hydroxylation is 1. The van der Waals surface area contributed by atoms with E-state index in [2.05, 4.69) is 15.5 Å². The van der Waals surface area contributed by atoms with Gasteiger partial charge in [0.15, 0.2) is 5.82 Å². The average Bonchev–Trinajstić information content (AvgIpc) is 2.96. The topological polar surface area (TPSA) is 95.1 Å². The number of carbonyl (C=O) groups is 2. The molecule has 0 fully saturated rings. The molecule has 0 aliphatic carbocycles. The summed E-state index contributed by atoms with van der Waals surface area (Å²) in [6.07, 6.45) is 3.07. The first-order chi connectivity index (χ1) is 9.04. The van der Waals surface area contributed by atoms with Crippen LogP contribution < -0.4 is 5.32 Å². The number of H-pyrrole nitrogens is 1. The normalized spacial score (nSPS) is 10.8. The smallest absolute Gasteiger partial charge is 0.353 e. The molecule has 0 unspecified atom stereocenters. The lowest BCUT2D eigenvalue weighted by Gasteiger charge is -1.94. The van der Waals surface area contributed by atoms with E-state index in [1.807, 2.05) is 19.1 Å². The van der Waals surface area contributed by atoms with Crippen molar-refractivity contribution >= 4 is 35.1 Å². The number of aromatic nitrogens is 2. The van der Waals surface area contributed by atoms with Gasteiger partial charge in [0, 0.05) is 21.9 Å². The molecule has 19 heavy (non-hydrogen) atoms. The number of hydrogen-bond acceptors (Lipinski definition) is 4. The summed E-state index contributed by atoms with van der Waals surface area (Å²) in [6.45, 7) is 1.99. The molecule has 0 aliphatic heterocycles. The number of nitrogens with one attached hydrogen (secondary N) is 2. The van der Waals surface area contributed by atoms with Crippen LogP contribution in [0.5, 0.6) is 0 Å². The van der Waals surface area contributed by atoms with Gasteiger partial charge in [-0.15, -0.1) is 11.3 Å². The molecule has 98 valence electrons. The van der Waals surface area contributed by atoms with E-state index >= 15 is 0 Å². The molecule has 7 heteroatoms. The van der Waals surface area contributed by atoms with Crippen molar-refractivity contribution < 1.29 is 14.7 Å². The number of rotatable bonds is 4. The largest absolute Gasteiger partial charge is 0.477 e. The van der Waals surface area contributed by atoms with E-state index in [4.69, 9.17) is 5.11 Å². The molecule has 0 saturated heterocycles. The molecule has 0 aromatic carbocycles. The van der Waals surface area contributed by atoms with Crippen LogP contribution in [-0.2, 0) is 4.79 Å². The Bertz CT molecular complexity index is 642. The predicted molar refractivity (Wildman–Crippen MR) is 72.3 cm³/mol. The van der Waals surface area contributed by atoms with Crippen LogP contribution in [0.15, 0.2) is 24.3 Å². The average molecular weight is 277 g/mol. The van der Waals surface area contributed by atoms with E-state index in [0.29, 0.717) is 0 Å². The summed E-state index contributed by atoms with van der Waals surface area (Å²) in [5.41, 5.74) is -0.0758. The lowest BCUT2D eigenvalue weighted by atomic mass is 10.4. The monoisotopic (exact) mass is 277 g/mol. The third-order valence-corrected chi connectivity index (χ3v) is 3.19. The van der Waals surface area contributed by atoms with Gasteiger partial charge in [-0.05, 0) is 25.1 Å². The Morgan fingerprint density at radius 1 is 1.47 bits per heavy atom. The van der Waals surface area contributed by atoms with Crippen LogP contribution in [0.25, 0.3) is 6.08 Å². The molecular formula is C12H11N3O3S. The first-order valence-corrected chi connectivity index (χ1v) is 6.20. The molecule has 0 bridgehead atoms. The van der Waals surface area contributed by atoms with Gasteiger partial charge in [0.1, 0.15) is 5.69 Å². The van der Waals surface area contributed by atoms with Crippen LogP contribution in [0.4, 0.5) is 5.82 Å². The van der Waals surface area contributed by atoms with Crippen LogP contribution in [-0.4, -0.2) is 27.2 Å². The van der Waals surface area contributed by atoms with Crippen molar-refractivity contribution in [2.24, 2.45) is 0 Å². The Labute approximate surface area is 112 Å². The summed E-state index contributed by atoms with van der Waals surface area (Å²) < 4.78 is 0. The van der Waals surface area contributed by atoms with Crippen molar-refractivity contribution in [3.63, 3.8) is 0 Å². The number of aromatic amines is 1. The highest BCUT2D eigenvalue weighted by atomic mass is 32.1. The maximum atomic E-state index is 11.6. The number of nitrogens with zero attached hydrogens (tertiary/aromatic N) is 1. The Morgan fingerprint density at radius 3 is 2.84 bits per heavy atom. The summed E-state index contributed by atoms with van der Waals surface area (Å²) in [4.78, 5) is 24.3. The Hall–Kier alpha value is -2.41. The van der Waals surface area contributed by atoms with E-state index in [-0.39, 0.29) is 17.4 Å². The number of carboxylic acids is 1. The number of amides is 1. The number of thiophene rings is 1. The van der Waals surface area contributed by atoms with Gasteiger partial charge in [0.25, 0.3) is 0 Å². The zero-order chi connectivity index (χ0) is 13.8. The lowest BCUT2D eigenvalue weighted by Crippen LogP contribution is -2.07. The van der Waals surface area contributed by atoms with E-state index in [1.165, 1.54) is 17.0 Å². The Balaban J connectivity index is 1.97. The Morgan fingerprint density at radius 2 is 2.26 bits per heavy atom. The second-order valence-corrected chi connectivity index (χ2v) is 5.06. The van der Waals surface area contributed by atoms with E-state index in [1.54, 1.807) is 17.4 Å². The van der Waals surface area contributed by atoms with Crippen molar-refractivity contribution in [2.75, 3.05) is 5.32 Å². The van der Waals surface area contributed by atoms with Crippen molar-refractivity contribution in [1.82, 2.24) is 10.2 Å². The van der Waals surface area contributed by atoms with Crippen LogP contribution in [0.2, 0.25) is 0 Å². The van der Waals surface area contributed by atoms with Crippen LogP contribution in [0.3, 0.4) is 0 Å². The minimum absolute atomic E-state index is 0.0758. The summed E-state index contributed by atoms with van der Waals surface area (Å²) in [5, 5.41) is 17.1. The quantitative estimate of drug-likeness (QED) is 0.746. The number of hydrogen-bond donors (Lipinski definition) is 3. The van der Waals surface area contributed by atoms with Gasteiger partial charge in [-0.1, -0.05) is 0 Å². The minimum atomic E-state index is -1.13. The third-order valence-electron chi connectivity index (χ3n) is 2.22. The van der Waals surface area contributed by atoms with Gasteiger partial charge < -0.3 is 10.4 Å². The van der Waals surface area contributed by atoms with Gasteiger partial charge in [-0.3, -0.25) is 9.89 Å². The van der Waals surface area contributed by atoms with E-state index in [0.717, 1.165) is 4.88 Å². The molecule has 2 heterocycles. The summed E-state index contributed by atoms with van der Waals surface area (Å²) in [5.74, 6) is -1.32. The molecule has 6 nitrogen and oxygen atoms in total. The van der Waals surface area contributed by atoms with Crippen LogP contribution in [0, 0.1) is 6.92 Å². The standard InChI is InChI=1S/C12H11N3O3S/c1-7-2-3-8(19-7)4-5-11(16)13-10-6-9(12(17)18)14-15-10/h2-6H,1H3,(H,17,18)(H2,13,14,15,16)/b5-4+. The SMILES string of the molecule is Cc1ccc(/C=C/C(=O)Nc2cc(C(=O)O)[nH]n2)s1. The highest BCUT2D eigenvalue weighted by Crippen LogP contribution is 2.16. The van der Waals surface area contributed by atoms with E-state index < -0.39 is 5.97 Å². The number of carboxylic acid groups (broad SMARTS) is 1. The van der Waals surface area contributed by atoms with Crippen molar-refractivity contribution in [1.29, 1.82) is 0 Å². The molecule has 2 aromatic rings. The maximum absolute atomic E-state index is 11.6. The molecule has 0 aliphatic rings. The van der Waals surface area contributed by atoms with E-state index in [9.17, 15) is 9.59 Å². The molecule has 3 N–H and O–H groups in total.